The molecule has 2 atom stereocenters. The molecule has 7 nitrogen and oxygen atoms in total. The van der Waals surface area contributed by atoms with E-state index >= 15 is 0 Å². The summed E-state index contributed by atoms with van der Waals surface area (Å²) in [5.74, 6) is -0.461. The number of carbonyl (C=O) groups is 2. The van der Waals surface area contributed by atoms with Crippen molar-refractivity contribution < 1.29 is 18.0 Å². The molecule has 0 aliphatic rings. The van der Waals surface area contributed by atoms with Crippen molar-refractivity contribution in [2.75, 3.05) is 17.1 Å². The number of hydrogen-bond acceptors (Lipinski definition) is 4. The summed E-state index contributed by atoms with van der Waals surface area (Å²) >= 11 is 12.3. The fourth-order valence-electron chi connectivity index (χ4n) is 3.78. The van der Waals surface area contributed by atoms with Crippen LogP contribution in [-0.2, 0) is 26.2 Å². The Kier molecular flexibility index (Phi) is 11.5. The van der Waals surface area contributed by atoms with Crippen LogP contribution in [-0.4, -0.2) is 50.0 Å². The minimum absolute atomic E-state index is 0.0217. The van der Waals surface area contributed by atoms with Gasteiger partial charge in [0.1, 0.15) is 6.04 Å². The van der Waals surface area contributed by atoms with Crippen LogP contribution in [0.4, 0.5) is 5.69 Å². The van der Waals surface area contributed by atoms with Gasteiger partial charge >= 0.3 is 0 Å². The molecule has 2 aromatic carbocycles. The Hall–Kier alpha value is -2.29. The van der Waals surface area contributed by atoms with Gasteiger partial charge < -0.3 is 10.2 Å². The summed E-state index contributed by atoms with van der Waals surface area (Å²) in [6.45, 7) is 6.05. The number of hydrogen-bond donors (Lipinski definition) is 1. The van der Waals surface area contributed by atoms with Crippen LogP contribution < -0.4 is 9.62 Å². The number of carbonyl (C=O) groups excluding carboxylic acids is 2. The molecule has 36 heavy (non-hydrogen) atoms. The highest BCUT2D eigenvalue weighted by atomic mass is 35.5. The molecular weight excluding hydrogens is 521 g/mol. The predicted octanol–water partition coefficient (Wildman–Crippen LogP) is 5.26. The van der Waals surface area contributed by atoms with Crippen LogP contribution >= 0.6 is 23.2 Å². The summed E-state index contributed by atoms with van der Waals surface area (Å²) in [6.07, 6.45) is 2.67. The number of nitrogens with zero attached hydrogens (tertiary/aromatic N) is 2. The van der Waals surface area contributed by atoms with Gasteiger partial charge in [0.25, 0.3) is 0 Å². The Morgan fingerprint density at radius 2 is 1.64 bits per heavy atom. The van der Waals surface area contributed by atoms with E-state index in [1.165, 1.54) is 4.31 Å². The summed E-state index contributed by atoms with van der Waals surface area (Å²) in [5, 5.41) is 3.98. The van der Waals surface area contributed by atoms with Crippen LogP contribution in [0.25, 0.3) is 0 Å². The second kappa shape index (κ2) is 13.9. The monoisotopic (exact) mass is 555 g/mol. The Balaban J connectivity index is 2.23. The van der Waals surface area contributed by atoms with E-state index in [0.29, 0.717) is 22.2 Å². The summed E-state index contributed by atoms with van der Waals surface area (Å²) in [5.41, 5.74) is 1.21. The van der Waals surface area contributed by atoms with Gasteiger partial charge in [0, 0.05) is 35.6 Å². The van der Waals surface area contributed by atoms with Gasteiger partial charge in [-0.25, -0.2) is 8.42 Å². The second-order valence-corrected chi connectivity index (χ2v) is 11.5. The zero-order valence-electron chi connectivity index (χ0n) is 21.2. The smallest absolute Gasteiger partial charge is 0.243 e. The summed E-state index contributed by atoms with van der Waals surface area (Å²) < 4.78 is 26.1. The van der Waals surface area contributed by atoms with E-state index in [1.54, 1.807) is 35.2 Å². The SMILES string of the molecule is CC[C@@H](C)NC(=O)[C@H](CC)N(Cc1ccccc1Cl)C(=O)CCCN(c1ccc(Cl)cc1)S(C)(=O)=O. The number of benzene rings is 2. The molecule has 0 bridgehead atoms. The lowest BCUT2D eigenvalue weighted by Crippen LogP contribution is -2.50. The Morgan fingerprint density at radius 3 is 2.19 bits per heavy atom. The maximum Gasteiger partial charge on any atom is 0.243 e. The molecule has 198 valence electrons. The molecule has 0 unspecified atom stereocenters. The minimum atomic E-state index is -3.57. The van der Waals surface area contributed by atoms with Crippen LogP contribution in [0.5, 0.6) is 0 Å². The van der Waals surface area contributed by atoms with E-state index in [9.17, 15) is 18.0 Å². The third-order valence-electron chi connectivity index (χ3n) is 5.95. The first-order valence-electron chi connectivity index (χ1n) is 12.0. The first kappa shape index (κ1) is 29.9. The number of anilines is 1. The lowest BCUT2D eigenvalue weighted by atomic mass is 10.1. The number of amides is 2. The molecule has 10 heteroatoms. The van der Waals surface area contributed by atoms with Crippen molar-refractivity contribution in [3.63, 3.8) is 0 Å². The molecule has 1 N–H and O–H groups in total. The van der Waals surface area contributed by atoms with Gasteiger partial charge in [-0.2, -0.15) is 0 Å². The molecule has 0 saturated carbocycles. The van der Waals surface area contributed by atoms with E-state index < -0.39 is 16.1 Å². The van der Waals surface area contributed by atoms with E-state index in [0.717, 1.165) is 18.2 Å². The highest BCUT2D eigenvalue weighted by Crippen LogP contribution is 2.23. The van der Waals surface area contributed by atoms with Gasteiger partial charge in [-0.05, 0) is 62.1 Å². The average molecular weight is 557 g/mol. The topological polar surface area (TPSA) is 86.8 Å². The van der Waals surface area contributed by atoms with Crippen LogP contribution in [0.15, 0.2) is 48.5 Å². The molecule has 0 spiro atoms. The van der Waals surface area contributed by atoms with E-state index in [2.05, 4.69) is 5.32 Å². The lowest BCUT2D eigenvalue weighted by molar-refractivity contribution is -0.141. The third kappa shape index (κ3) is 8.68. The largest absolute Gasteiger partial charge is 0.352 e. The fourth-order valence-corrected chi connectivity index (χ4v) is 5.07. The molecule has 0 fully saturated rings. The Morgan fingerprint density at radius 1 is 1.00 bits per heavy atom. The molecule has 2 amide bonds. The Labute approximate surface area is 224 Å². The highest BCUT2D eigenvalue weighted by Gasteiger charge is 2.29. The fraction of sp³-hybridized carbons (Fsp3) is 0.462. The van der Waals surface area contributed by atoms with Crippen molar-refractivity contribution in [1.82, 2.24) is 10.2 Å². The van der Waals surface area contributed by atoms with Gasteiger partial charge in [0.15, 0.2) is 0 Å². The van der Waals surface area contributed by atoms with E-state index in [1.807, 2.05) is 39.0 Å². The van der Waals surface area contributed by atoms with Gasteiger partial charge in [-0.3, -0.25) is 13.9 Å². The third-order valence-corrected chi connectivity index (χ3v) is 7.77. The zero-order valence-corrected chi connectivity index (χ0v) is 23.5. The maximum absolute atomic E-state index is 13.4. The lowest BCUT2D eigenvalue weighted by Gasteiger charge is -2.32. The predicted molar refractivity (Wildman–Crippen MR) is 147 cm³/mol. The summed E-state index contributed by atoms with van der Waals surface area (Å²) in [7, 11) is -3.57. The highest BCUT2D eigenvalue weighted by molar-refractivity contribution is 7.92. The number of sulfonamides is 1. The number of halogens is 2. The quantitative estimate of drug-likeness (QED) is 0.365. The second-order valence-electron chi connectivity index (χ2n) is 8.77. The van der Waals surface area contributed by atoms with Crippen molar-refractivity contribution in [2.45, 2.75) is 65.1 Å². The molecule has 0 aliphatic heterocycles. The van der Waals surface area contributed by atoms with Gasteiger partial charge in [-0.15, -0.1) is 0 Å². The molecular formula is C26H35Cl2N3O4S. The number of rotatable bonds is 13. The van der Waals surface area contributed by atoms with Gasteiger partial charge in [0.05, 0.1) is 11.9 Å². The van der Waals surface area contributed by atoms with Crippen molar-refractivity contribution >= 4 is 50.7 Å². The number of nitrogens with one attached hydrogen (secondary N) is 1. The van der Waals surface area contributed by atoms with E-state index in [4.69, 9.17) is 23.2 Å². The zero-order chi connectivity index (χ0) is 26.9. The van der Waals surface area contributed by atoms with Gasteiger partial charge in [-0.1, -0.05) is 55.2 Å². The average Bonchev–Trinajstić information content (AvgIpc) is 2.82. The molecule has 0 aromatic heterocycles. The maximum atomic E-state index is 13.4. The molecule has 0 aliphatic carbocycles. The van der Waals surface area contributed by atoms with Crippen LogP contribution in [0.2, 0.25) is 10.0 Å². The first-order chi connectivity index (χ1) is 17.0. The summed E-state index contributed by atoms with van der Waals surface area (Å²) in [6, 6.07) is 13.0. The molecule has 2 aromatic rings. The van der Waals surface area contributed by atoms with Crippen molar-refractivity contribution in [3.8, 4) is 0 Å². The van der Waals surface area contributed by atoms with Crippen LogP contribution in [0, 0.1) is 0 Å². The minimum Gasteiger partial charge on any atom is -0.352 e. The van der Waals surface area contributed by atoms with Crippen LogP contribution in [0.3, 0.4) is 0 Å². The Bertz CT molecular complexity index is 1130. The summed E-state index contributed by atoms with van der Waals surface area (Å²) in [4.78, 5) is 28.1. The van der Waals surface area contributed by atoms with Crippen LogP contribution in [0.1, 0.15) is 52.0 Å². The standard InChI is InChI=1S/C26H35Cl2N3O4S/c1-5-19(3)29-26(33)24(6-2)30(18-20-10-7-8-11-23(20)28)25(32)12-9-17-31(36(4,34)35)22-15-13-21(27)14-16-22/h7-8,10-11,13-16,19,24H,5-6,9,12,17-18H2,1-4H3,(H,29,33)/t19-,24+/m1/s1. The molecule has 2 rings (SSSR count). The first-order valence-corrected chi connectivity index (χ1v) is 14.6. The normalized spacial score (nSPS) is 13.1. The van der Waals surface area contributed by atoms with Crippen molar-refractivity contribution in [1.29, 1.82) is 0 Å². The van der Waals surface area contributed by atoms with Crippen molar-refractivity contribution in [3.05, 3.63) is 64.1 Å². The molecule has 0 saturated heterocycles. The molecule has 0 heterocycles. The molecule has 0 radical (unpaired) electrons. The van der Waals surface area contributed by atoms with Crippen molar-refractivity contribution in [2.24, 2.45) is 0 Å². The van der Waals surface area contributed by atoms with Gasteiger partial charge in [0.2, 0.25) is 21.8 Å². The van der Waals surface area contributed by atoms with E-state index in [-0.39, 0.29) is 43.8 Å².